The van der Waals surface area contributed by atoms with Gasteiger partial charge in [0.1, 0.15) is 5.82 Å². The van der Waals surface area contributed by atoms with Crippen LogP contribution in [0.3, 0.4) is 0 Å². The van der Waals surface area contributed by atoms with Gasteiger partial charge in [0, 0.05) is 29.9 Å². The van der Waals surface area contributed by atoms with Crippen molar-refractivity contribution >= 4 is 18.1 Å². The predicted molar refractivity (Wildman–Crippen MR) is 104 cm³/mol. The Morgan fingerprint density at radius 3 is 2.84 bits per heavy atom. The molecule has 0 spiro atoms. The minimum Gasteiger partial charge on any atom is -0.347 e. The summed E-state index contributed by atoms with van der Waals surface area (Å²) in [5.74, 6) is 1.21. The SMILES string of the molecule is C=CNc1ncc(/C=C/CCC)cc1C1Cc2cc(C=N)cnc2C1. The van der Waals surface area contributed by atoms with E-state index in [0.29, 0.717) is 5.92 Å². The maximum atomic E-state index is 7.41. The number of hydrogen-bond donors (Lipinski definition) is 2. The van der Waals surface area contributed by atoms with Crippen LogP contribution in [0.1, 0.15) is 53.6 Å². The Labute approximate surface area is 149 Å². The van der Waals surface area contributed by atoms with Crippen LogP contribution in [-0.2, 0) is 12.8 Å². The van der Waals surface area contributed by atoms with Gasteiger partial charge in [-0.1, -0.05) is 32.1 Å². The third kappa shape index (κ3) is 3.85. The van der Waals surface area contributed by atoms with Crippen molar-refractivity contribution in [1.82, 2.24) is 9.97 Å². The third-order valence-electron chi connectivity index (χ3n) is 4.54. The second-order valence-electron chi connectivity index (χ2n) is 6.37. The van der Waals surface area contributed by atoms with Crippen LogP contribution >= 0.6 is 0 Å². The van der Waals surface area contributed by atoms with Gasteiger partial charge < -0.3 is 10.7 Å². The molecule has 2 aromatic heterocycles. The van der Waals surface area contributed by atoms with E-state index in [2.05, 4.69) is 53.1 Å². The van der Waals surface area contributed by atoms with Gasteiger partial charge in [-0.25, -0.2) is 4.98 Å². The fraction of sp³-hybridized carbons (Fsp3) is 0.286. The predicted octanol–water partition coefficient (Wildman–Crippen LogP) is 4.73. The molecule has 4 heteroatoms. The molecule has 0 amide bonds. The maximum absolute atomic E-state index is 7.41. The van der Waals surface area contributed by atoms with Crippen LogP contribution in [0.5, 0.6) is 0 Å². The summed E-state index contributed by atoms with van der Waals surface area (Å²) in [5, 5.41) is 10.6. The van der Waals surface area contributed by atoms with Gasteiger partial charge in [-0.05, 0) is 60.2 Å². The number of pyridine rings is 2. The Morgan fingerprint density at radius 1 is 1.24 bits per heavy atom. The fourth-order valence-corrected chi connectivity index (χ4v) is 3.29. The Bertz CT molecular complexity index is 808. The van der Waals surface area contributed by atoms with Gasteiger partial charge in [-0.3, -0.25) is 4.98 Å². The number of fused-ring (bicyclic) bond motifs is 1. The Kier molecular flexibility index (Phi) is 5.39. The van der Waals surface area contributed by atoms with E-state index in [1.54, 1.807) is 12.4 Å². The summed E-state index contributed by atoms with van der Waals surface area (Å²) in [6.45, 7) is 5.94. The second-order valence-corrected chi connectivity index (χ2v) is 6.37. The molecule has 3 rings (SSSR count). The smallest absolute Gasteiger partial charge is 0.133 e. The van der Waals surface area contributed by atoms with Crippen LogP contribution in [0.2, 0.25) is 0 Å². The Hall–Kier alpha value is -2.75. The highest BCUT2D eigenvalue weighted by Gasteiger charge is 2.26. The lowest BCUT2D eigenvalue weighted by molar-refractivity contribution is 0.734. The van der Waals surface area contributed by atoms with E-state index in [1.807, 2.05) is 6.20 Å². The largest absolute Gasteiger partial charge is 0.347 e. The molecule has 1 aliphatic rings. The quantitative estimate of drug-likeness (QED) is 0.721. The molecule has 0 aliphatic heterocycles. The molecule has 1 aliphatic carbocycles. The van der Waals surface area contributed by atoms with Gasteiger partial charge in [-0.15, -0.1) is 0 Å². The van der Waals surface area contributed by atoms with E-state index in [0.717, 1.165) is 48.3 Å². The molecule has 0 radical (unpaired) electrons. The van der Waals surface area contributed by atoms with E-state index >= 15 is 0 Å². The van der Waals surface area contributed by atoms with Crippen molar-refractivity contribution in [3.8, 4) is 0 Å². The van der Waals surface area contributed by atoms with Crippen molar-refractivity contribution in [2.45, 2.75) is 38.5 Å². The highest BCUT2D eigenvalue weighted by Crippen LogP contribution is 2.36. The number of anilines is 1. The van der Waals surface area contributed by atoms with E-state index in [4.69, 9.17) is 5.41 Å². The summed E-state index contributed by atoms with van der Waals surface area (Å²) in [6.07, 6.45) is 15.1. The van der Waals surface area contributed by atoms with Crippen LogP contribution in [-0.4, -0.2) is 16.2 Å². The lowest BCUT2D eigenvalue weighted by Gasteiger charge is -2.15. The number of hydrogen-bond acceptors (Lipinski definition) is 4. The highest BCUT2D eigenvalue weighted by atomic mass is 15.0. The van der Waals surface area contributed by atoms with Crippen molar-refractivity contribution in [1.29, 1.82) is 5.41 Å². The lowest BCUT2D eigenvalue weighted by Crippen LogP contribution is -2.05. The number of unbranched alkanes of at least 4 members (excludes halogenated alkanes) is 1. The lowest BCUT2D eigenvalue weighted by atomic mass is 9.95. The number of aromatic nitrogens is 2. The summed E-state index contributed by atoms with van der Waals surface area (Å²) in [6, 6.07) is 4.30. The first kappa shape index (κ1) is 17.1. The first-order valence-electron chi connectivity index (χ1n) is 8.77. The van der Waals surface area contributed by atoms with Crippen LogP contribution in [0, 0.1) is 5.41 Å². The first-order chi connectivity index (χ1) is 12.2. The van der Waals surface area contributed by atoms with Crippen LogP contribution in [0.4, 0.5) is 5.82 Å². The maximum Gasteiger partial charge on any atom is 0.133 e. The van der Waals surface area contributed by atoms with E-state index < -0.39 is 0 Å². The number of allylic oxidation sites excluding steroid dienone is 1. The zero-order valence-electron chi connectivity index (χ0n) is 14.6. The molecule has 0 saturated carbocycles. The summed E-state index contributed by atoms with van der Waals surface area (Å²) in [7, 11) is 0. The van der Waals surface area contributed by atoms with Gasteiger partial charge >= 0.3 is 0 Å². The molecule has 1 atom stereocenters. The molecule has 25 heavy (non-hydrogen) atoms. The first-order valence-corrected chi connectivity index (χ1v) is 8.77. The minimum absolute atomic E-state index is 0.345. The number of rotatable bonds is 7. The standard InChI is InChI=1S/C21H24N4/c1-3-5-6-7-15-9-19(21(23-4-2)25-13-15)17-10-18-8-16(12-22)14-24-20(18)11-17/h4,6-9,12-14,17,22H,2-3,5,10-11H2,1H3,(H,23,25)/b7-6+,22-12?. The monoisotopic (exact) mass is 332 g/mol. The molecular weight excluding hydrogens is 308 g/mol. The summed E-state index contributed by atoms with van der Waals surface area (Å²) in [5.41, 5.74) is 5.56. The van der Waals surface area contributed by atoms with Gasteiger partial charge in [0.2, 0.25) is 0 Å². The van der Waals surface area contributed by atoms with Gasteiger partial charge in [0.15, 0.2) is 0 Å². The van der Waals surface area contributed by atoms with Crippen molar-refractivity contribution in [3.05, 3.63) is 71.3 Å². The average molecular weight is 332 g/mol. The van der Waals surface area contributed by atoms with E-state index in [-0.39, 0.29) is 0 Å². The molecule has 2 aromatic rings. The molecule has 128 valence electrons. The molecule has 0 fully saturated rings. The van der Waals surface area contributed by atoms with Gasteiger partial charge in [-0.2, -0.15) is 0 Å². The number of nitrogens with zero attached hydrogens (tertiary/aromatic N) is 2. The zero-order valence-corrected chi connectivity index (χ0v) is 14.6. The molecular formula is C21H24N4. The minimum atomic E-state index is 0.345. The highest BCUT2D eigenvalue weighted by molar-refractivity contribution is 5.76. The van der Waals surface area contributed by atoms with Gasteiger partial charge in [0.05, 0.1) is 0 Å². The van der Waals surface area contributed by atoms with Crippen LogP contribution < -0.4 is 5.32 Å². The van der Waals surface area contributed by atoms with Crippen molar-refractivity contribution < 1.29 is 0 Å². The molecule has 0 bridgehead atoms. The molecule has 1 unspecified atom stereocenters. The van der Waals surface area contributed by atoms with Crippen molar-refractivity contribution in [2.75, 3.05) is 5.32 Å². The summed E-state index contributed by atoms with van der Waals surface area (Å²) >= 11 is 0. The topological polar surface area (TPSA) is 61.7 Å². The third-order valence-corrected chi connectivity index (χ3v) is 4.54. The molecule has 2 heterocycles. The zero-order chi connectivity index (χ0) is 17.6. The molecule has 2 N–H and O–H groups in total. The Morgan fingerprint density at radius 2 is 2.08 bits per heavy atom. The molecule has 0 aromatic carbocycles. The summed E-state index contributed by atoms with van der Waals surface area (Å²) < 4.78 is 0. The normalized spacial score (nSPS) is 16.0. The average Bonchev–Trinajstić information content (AvgIpc) is 3.06. The van der Waals surface area contributed by atoms with Crippen molar-refractivity contribution in [2.24, 2.45) is 0 Å². The molecule has 4 nitrogen and oxygen atoms in total. The fourth-order valence-electron chi connectivity index (χ4n) is 3.29. The van der Waals surface area contributed by atoms with Crippen LogP contribution in [0.25, 0.3) is 6.08 Å². The van der Waals surface area contributed by atoms with E-state index in [9.17, 15) is 0 Å². The van der Waals surface area contributed by atoms with Crippen molar-refractivity contribution in [3.63, 3.8) is 0 Å². The molecule has 0 saturated heterocycles. The van der Waals surface area contributed by atoms with Gasteiger partial charge in [0.25, 0.3) is 0 Å². The van der Waals surface area contributed by atoms with E-state index in [1.165, 1.54) is 17.3 Å². The second kappa shape index (κ2) is 7.88. The Balaban J connectivity index is 1.90. The number of nitrogens with one attached hydrogen (secondary N) is 2. The van der Waals surface area contributed by atoms with Crippen LogP contribution in [0.15, 0.2) is 43.4 Å². The summed E-state index contributed by atoms with van der Waals surface area (Å²) in [4.78, 5) is 9.14.